The van der Waals surface area contributed by atoms with Gasteiger partial charge in [-0.1, -0.05) is 34.6 Å². The van der Waals surface area contributed by atoms with Crippen molar-refractivity contribution < 1.29 is 0 Å². The molecule has 0 aliphatic heterocycles. The highest BCUT2D eigenvalue weighted by Crippen LogP contribution is 2.20. The zero-order valence-electron chi connectivity index (χ0n) is 14.7. The minimum absolute atomic E-state index is 0.467. The third-order valence-corrected chi connectivity index (χ3v) is 3.56. The van der Waals surface area contributed by atoms with Crippen LogP contribution in [-0.2, 0) is 6.54 Å². The van der Waals surface area contributed by atoms with Crippen LogP contribution in [0, 0.1) is 5.92 Å². The van der Waals surface area contributed by atoms with E-state index in [0.717, 1.165) is 38.4 Å². The molecular weight excluding hydrogens is 258 g/mol. The summed E-state index contributed by atoms with van der Waals surface area (Å²) in [5, 5.41) is 3.54. The van der Waals surface area contributed by atoms with Gasteiger partial charge in [-0.2, -0.15) is 0 Å². The Morgan fingerprint density at radius 3 is 2.38 bits per heavy atom. The molecule has 3 heteroatoms. The molecule has 0 fully saturated rings. The van der Waals surface area contributed by atoms with Crippen LogP contribution < -0.4 is 10.2 Å². The van der Waals surface area contributed by atoms with E-state index in [2.05, 4.69) is 63.9 Å². The monoisotopic (exact) mass is 291 g/mol. The Balaban J connectivity index is 2.93. The lowest BCUT2D eigenvalue weighted by molar-refractivity contribution is 0.551. The maximum absolute atomic E-state index is 4.86. The first kappa shape index (κ1) is 18.0. The summed E-state index contributed by atoms with van der Waals surface area (Å²) in [6, 6.07) is 4.50. The average Bonchev–Trinajstić information content (AvgIpc) is 2.44. The number of rotatable bonds is 9. The van der Waals surface area contributed by atoms with Gasteiger partial charge in [-0.25, -0.2) is 4.98 Å². The van der Waals surface area contributed by atoms with E-state index in [1.807, 2.05) is 0 Å². The third-order valence-electron chi connectivity index (χ3n) is 3.56. The van der Waals surface area contributed by atoms with E-state index in [9.17, 15) is 0 Å². The summed E-state index contributed by atoms with van der Waals surface area (Å²) in [6.07, 6.45) is 1.16. The number of hydrogen-bond donors (Lipinski definition) is 1. The molecule has 0 saturated heterocycles. The van der Waals surface area contributed by atoms with Crippen LogP contribution in [-0.4, -0.2) is 24.6 Å². The maximum atomic E-state index is 4.86. The Bertz CT molecular complexity index is 413. The topological polar surface area (TPSA) is 28.2 Å². The Morgan fingerprint density at radius 2 is 1.86 bits per heavy atom. The van der Waals surface area contributed by atoms with Gasteiger partial charge in [0, 0.05) is 25.3 Å². The van der Waals surface area contributed by atoms with Crippen LogP contribution in [0.15, 0.2) is 12.1 Å². The van der Waals surface area contributed by atoms with Crippen molar-refractivity contribution in [2.45, 2.75) is 60.4 Å². The number of hydrogen-bond acceptors (Lipinski definition) is 3. The third kappa shape index (κ3) is 6.04. The summed E-state index contributed by atoms with van der Waals surface area (Å²) < 4.78 is 0. The van der Waals surface area contributed by atoms with Gasteiger partial charge in [-0.3, -0.25) is 0 Å². The number of anilines is 1. The predicted molar refractivity (Wildman–Crippen MR) is 93.0 cm³/mol. The number of pyridine rings is 1. The summed E-state index contributed by atoms with van der Waals surface area (Å²) in [4.78, 5) is 7.24. The highest BCUT2D eigenvalue weighted by atomic mass is 15.2. The second-order valence-corrected chi connectivity index (χ2v) is 6.52. The van der Waals surface area contributed by atoms with Gasteiger partial charge in [0.05, 0.1) is 0 Å². The molecule has 0 aliphatic rings. The predicted octanol–water partition coefficient (Wildman–Crippen LogP) is 4.19. The molecule has 0 radical (unpaired) electrons. The molecule has 1 aromatic rings. The van der Waals surface area contributed by atoms with Gasteiger partial charge < -0.3 is 10.2 Å². The summed E-state index contributed by atoms with van der Waals surface area (Å²) in [7, 11) is 0. The van der Waals surface area contributed by atoms with Crippen molar-refractivity contribution in [2.75, 3.05) is 24.5 Å². The first-order chi connectivity index (χ1) is 9.97. The summed E-state index contributed by atoms with van der Waals surface area (Å²) in [5.41, 5.74) is 2.54. The maximum Gasteiger partial charge on any atom is 0.129 e. The SMILES string of the molecule is CCCN(CC)c1cc(CNCC(C)C)cc(C(C)C)n1. The van der Waals surface area contributed by atoms with Gasteiger partial charge in [0.15, 0.2) is 0 Å². The van der Waals surface area contributed by atoms with Crippen LogP contribution in [0.25, 0.3) is 0 Å². The van der Waals surface area contributed by atoms with E-state index in [1.54, 1.807) is 0 Å². The fourth-order valence-corrected chi connectivity index (χ4v) is 2.36. The number of nitrogens with one attached hydrogen (secondary N) is 1. The van der Waals surface area contributed by atoms with E-state index in [4.69, 9.17) is 4.98 Å². The Morgan fingerprint density at radius 1 is 1.14 bits per heavy atom. The van der Waals surface area contributed by atoms with Crippen molar-refractivity contribution in [1.82, 2.24) is 10.3 Å². The highest BCUT2D eigenvalue weighted by molar-refractivity contribution is 5.43. The lowest BCUT2D eigenvalue weighted by Gasteiger charge is -2.23. The quantitative estimate of drug-likeness (QED) is 0.739. The molecule has 0 spiro atoms. The molecular formula is C18H33N3. The van der Waals surface area contributed by atoms with E-state index < -0.39 is 0 Å². The van der Waals surface area contributed by atoms with Gasteiger partial charge in [-0.15, -0.1) is 0 Å². The molecule has 0 aromatic carbocycles. The molecule has 3 nitrogen and oxygen atoms in total. The van der Waals surface area contributed by atoms with Gasteiger partial charge in [0.2, 0.25) is 0 Å². The molecule has 0 bridgehead atoms. The van der Waals surface area contributed by atoms with Crippen LogP contribution in [0.1, 0.15) is 65.1 Å². The molecule has 21 heavy (non-hydrogen) atoms. The molecule has 0 aliphatic carbocycles. The van der Waals surface area contributed by atoms with Crippen molar-refractivity contribution in [3.05, 3.63) is 23.4 Å². The van der Waals surface area contributed by atoms with Gasteiger partial charge >= 0.3 is 0 Å². The lowest BCUT2D eigenvalue weighted by atomic mass is 10.1. The van der Waals surface area contributed by atoms with Crippen LogP contribution in [0.2, 0.25) is 0 Å². The fraction of sp³-hybridized carbons (Fsp3) is 0.722. The van der Waals surface area contributed by atoms with E-state index in [0.29, 0.717) is 11.8 Å². The number of nitrogens with zero attached hydrogens (tertiary/aromatic N) is 2. The minimum Gasteiger partial charge on any atom is -0.357 e. The molecule has 1 aromatic heterocycles. The molecule has 0 unspecified atom stereocenters. The molecule has 120 valence electrons. The summed E-state index contributed by atoms with van der Waals surface area (Å²) in [5.74, 6) is 2.28. The standard InChI is InChI=1S/C18H33N3/c1-7-9-21(8-2)18-11-16(13-19-12-14(3)4)10-17(20-18)15(5)6/h10-11,14-15,19H,7-9,12-13H2,1-6H3. The fourth-order valence-electron chi connectivity index (χ4n) is 2.36. The second kappa shape index (κ2) is 9.04. The van der Waals surface area contributed by atoms with Crippen molar-refractivity contribution >= 4 is 5.82 Å². The van der Waals surface area contributed by atoms with E-state index in [1.165, 1.54) is 11.3 Å². The van der Waals surface area contributed by atoms with E-state index in [-0.39, 0.29) is 0 Å². The number of aromatic nitrogens is 1. The highest BCUT2D eigenvalue weighted by Gasteiger charge is 2.10. The molecule has 0 saturated carbocycles. The Hall–Kier alpha value is -1.09. The first-order valence-electron chi connectivity index (χ1n) is 8.44. The minimum atomic E-state index is 0.467. The molecule has 1 rings (SSSR count). The molecule has 1 heterocycles. The van der Waals surface area contributed by atoms with Gasteiger partial charge in [-0.05, 0) is 49.4 Å². The largest absolute Gasteiger partial charge is 0.357 e. The average molecular weight is 291 g/mol. The van der Waals surface area contributed by atoms with Crippen molar-refractivity contribution in [3.8, 4) is 0 Å². The smallest absolute Gasteiger partial charge is 0.129 e. The zero-order chi connectivity index (χ0) is 15.8. The second-order valence-electron chi connectivity index (χ2n) is 6.52. The van der Waals surface area contributed by atoms with Crippen molar-refractivity contribution in [3.63, 3.8) is 0 Å². The van der Waals surface area contributed by atoms with Crippen molar-refractivity contribution in [2.24, 2.45) is 5.92 Å². The molecule has 1 N–H and O–H groups in total. The van der Waals surface area contributed by atoms with E-state index >= 15 is 0 Å². The molecule has 0 amide bonds. The van der Waals surface area contributed by atoms with Crippen LogP contribution in [0.3, 0.4) is 0 Å². The zero-order valence-corrected chi connectivity index (χ0v) is 14.7. The van der Waals surface area contributed by atoms with Crippen LogP contribution in [0.5, 0.6) is 0 Å². The molecule has 0 atom stereocenters. The van der Waals surface area contributed by atoms with Gasteiger partial charge in [0.1, 0.15) is 5.82 Å². The Labute approximate surface area is 131 Å². The van der Waals surface area contributed by atoms with Gasteiger partial charge in [0.25, 0.3) is 0 Å². The van der Waals surface area contributed by atoms with Crippen LogP contribution in [0.4, 0.5) is 5.82 Å². The summed E-state index contributed by atoms with van der Waals surface area (Å²) in [6.45, 7) is 17.4. The first-order valence-corrected chi connectivity index (χ1v) is 8.44. The Kier molecular flexibility index (Phi) is 7.73. The lowest BCUT2D eigenvalue weighted by Crippen LogP contribution is -2.25. The normalized spacial score (nSPS) is 11.4. The van der Waals surface area contributed by atoms with Crippen LogP contribution >= 0.6 is 0 Å². The summed E-state index contributed by atoms with van der Waals surface area (Å²) >= 11 is 0. The van der Waals surface area contributed by atoms with Crippen molar-refractivity contribution in [1.29, 1.82) is 0 Å².